The molecule has 0 bridgehead atoms. The summed E-state index contributed by atoms with van der Waals surface area (Å²) in [5, 5.41) is 2.55. The fraction of sp³-hybridized carbons (Fsp3) is 0.333. The predicted octanol–water partition coefficient (Wildman–Crippen LogP) is 1.24. The lowest BCUT2D eigenvalue weighted by Crippen LogP contribution is -2.40. The summed E-state index contributed by atoms with van der Waals surface area (Å²) in [4.78, 5) is 24.6. The van der Waals surface area contributed by atoms with E-state index in [2.05, 4.69) is 5.32 Å². The minimum atomic E-state index is -0.931. The normalized spacial score (nSPS) is 18.1. The van der Waals surface area contributed by atoms with Crippen LogP contribution < -0.4 is 11.1 Å². The van der Waals surface area contributed by atoms with E-state index in [4.69, 9.17) is 5.73 Å². The molecule has 96 valence electrons. The molecule has 5 nitrogen and oxygen atoms in total. The van der Waals surface area contributed by atoms with E-state index < -0.39 is 17.4 Å². The Kier molecular flexibility index (Phi) is 2.73. The molecule has 1 aliphatic rings. The second-order valence-electron chi connectivity index (χ2n) is 4.79. The highest BCUT2D eigenvalue weighted by atomic mass is 19.1. The molecule has 1 saturated heterocycles. The van der Waals surface area contributed by atoms with Crippen LogP contribution in [0.25, 0.3) is 0 Å². The van der Waals surface area contributed by atoms with Crippen LogP contribution in [0.15, 0.2) is 18.2 Å². The van der Waals surface area contributed by atoms with Crippen molar-refractivity contribution in [3.05, 3.63) is 29.6 Å². The Balaban J connectivity index is 2.27. The van der Waals surface area contributed by atoms with Crippen LogP contribution >= 0.6 is 0 Å². The number of amides is 3. The van der Waals surface area contributed by atoms with Gasteiger partial charge in [-0.3, -0.25) is 9.69 Å². The number of nitrogens with zero attached hydrogens (tertiary/aromatic N) is 1. The summed E-state index contributed by atoms with van der Waals surface area (Å²) in [5.41, 5.74) is 5.52. The van der Waals surface area contributed by atoms with Gasteiger partial charge >= 0.3 is 6.03 Å². The highest BCUT2D eigenvalue weighted by molar-refractivity contribution is 6.06. The van der Waals surface area contributed by atoms with Gasteiger partial charge in [0.25, 0.3) is 5.91 Å². The van der Waals surface area contributed by atoms with Gasteiger partial charge in [-0.15, -0.1) is 0 Å². The molecule has 3 N–H and O–H groups in total. The lowest BCUT2D eigenvalue weighted by molar-refractivity contribution is -0.130. The SMILES string of the molecule is CC1(C)NC(=O)N(Cc2cc(F)ccc2N)C1=O. The Hall–Kier alpha value is -2.11. The Morgan fingerprint density at radius 1 is 1.39 bits per heavy atom. The van der Waals surface area contributed by atoms with Crippen LogP contribution in [0.1, 0.15) is 19.4 Å². The third-order valence-electron chi connectivity index (χ3n) is 2.88. The summed E-state index contributed by atoms with van der Waals surface area (Å²) in [7, 11) is 0. The average Bonchev–Trinajstić information content (AvgIpc) is 2.46. The third-order valence-corrected chi connectivity index (χ3v) is 2.88. The monoisotopic (exact) mass is 251 g/mol. The molecular formula is C12H14FN3O2. The zero-order valence-corrected chi connectivity index (χ0v) is 10.2. The van der Waals surface area contributed by atoms with Crippen molar-refractivity contribution in [2.75, 3.05) is 5.73 Å². The average molecular weight is 251 g/mol. The smallest absolute Gasteiger partial charge is 0.325 e. The summed E-state index contributed by atoms with van der Waals surface area (Å²) < 4.78 is 13.1. The Labute approximate surface area is 104 Å². The fourth-order valence-electron chi connectivity index (χ4n) is 1.84. The van der Waals surface area contributed by atoms with Crippen molar-refractivity contribution in [1.82, 2.24) is 10.2 Å². The van der Waals surface area contributed by atoms with E-state index in [1.54, 1.807) is 13.8 Å². The van der Waals surface area contributed by atoms with E-state index in [1.807, 2.05) is 0 Å². The lowest BCUT2D eigenvalue weighted by atomic mass is 10.1. The highest BCUT2D eigenvalue weighted by Crippen LogP contribution is 2.22. The number of carbonyl (C=O) groups is 2. The number of anilines is 1. The number of rotatable bonds is 2. The molecule has 3 amide bonds. The van der Waals surface area contributed by atoms with Crippen LogP contribution in [0, 0.1) is 5.82 Å². The van der Waals surface area contributed by atoms with Gasteiger partial charge in [-0.05, 0) is 37.6 Å². The quantitative estimate of drug-likeness (QED) is 0.613. The first-order chi connectivity index (χ1) is 8.31. The molecule has 0 unspecified atom stereocenters. The van der Waals surface area contributed by atoms with E-state index in [9.17, 15) is 14.0 Å². The zero-order chi connectivity index (χ0) is 13.5. The maximum absolute atomic E-state index is 13.1. The van der Waals surface area contributed by atoms with Crippen molar-refractivity contribution in [1.29, 1.82) is 0 Å². The molecule has 1 heterocycles. The van der Waals surface area contributed by atoms with Crippen molar-refractivity contribution >= 4 is 17.6 Å². The van der Waals surface area contributed by atoms with Crippen molar-refractivity contribution in [2.24, 2.45) is 0 Å². The van der Waals surface area contributed by atoms with Crippen molar-refractivity contribution in [2.45, 2.75) is 25.9 Å². The van der Waals surface area contributed by atoms with E-state index in [1.165, 1.54) is 18.2 Å². The largest absolute Gasteiger partial charge is 0.398 e. The molecule has 0 saturated carbocycles. The van der Waals surface area contributed by atoms with Gasteiger partial charge in [0, 0.05) is 5.69 Å². The molecular weight excluding hydrogens is 237 g/mol. The third kappa shape index (κ3) is 2.01. The molecule has 0 radical (unpaired) electrons. The first-order valence-electron chi connectivity index (χ1n) is 5.49. The molecule has 1 aromatic rings. The van der Waals surface area contributed by atoms with Crippen LogP contribution in [-0.4, -0.2) is 22.4 Å². The van der Waals surface area contributed by atoms with Gasteiger partial charge in [0.1, 0.15) is 11.4 Å². The minimum Gasteiger partial charge on any atom is -0.398 e. The van der Waals surface area contributed by atoms with Crippen LogP contribution in [0.3, 0.4) is 0 Å². The fourth-order valence-corrected chi connectivity index (χ4v) is 1.84. The molecule has 1 aliphatic heterocycles. The molecule has 6 heteroatoms. The number of imide groups is 1. The van der Waals surface area contributed by atoms with Crippen LogP contribution in [0.5, 0.6) is 0 Å². The van der Waals surface area contributed by atoms with Gasteiger partial charge < -0.3 is 11.1 Å². The molecule has 2 rings (SSSR count). The van der Waals surface area contributed by atoms with Gasteiger partial charge in [0.2, 0.25) is 0 Å². The summed E-state index contributed by atoms with van der Waals surface area (Å²) >= 11 is 0. The molecule has 1 aromatic carbocycles. The van der Waals surface area contributed by atoms with Crippen molar-refractivity contribution in [3.63, 3.8) is 0 Å². The maximum Gasteiger partial charge on any atom is 0.325 e. The number of hydrogen-bond acceptors (Lipinski definition) is 3. The number of hydrogen-bond donors (Lipinski definition) is 2. The van der Waals surface area contributed by atoms with Crippen molar-refractivity contribution in [3.8, 4) is 0 Å². The Morgan fingerprint density at radius 3 is 2.61 bits per heavy atom. The second-order valence-corrected chi connectivity index (χ2v) is 4.79. The molecule has 1 fully saturated rings. The molecule has 0 atom stereocenters. The number of benzene rings is 1. The highest BCUT2D eigenvalue weighted by Gasteiger charge is 2.44. The van der Waals surface area contributed by atoms with Crippen LogP contribution in [0.4, 0.5) is 14.9 Å². The number of nitrogens with one attached hydrogen (secondary N) is 1. The van der Waals surface area contributed by atoms with E-state index in [0.717, 1.165) is 4.90 Å². The zero-order valence-electron chi connectivity index (χ0n) is 10.2. The van der Waals surface area contributed by atoms with Crippen LogP contribution in [0.2, 0.25) is 0 Å². The Morgan fingerprint density at radius 2 is 2.06 bits per heavy atom. The standard InChI is InChI=1S/C12H14FN3O2/c1-12(2)10(17)16(11(18)15-12)6-7-5-8(13)3-4-9(7)14/h3-5H,6,14H2,1-2H3,(H,15,18). The molecule has 0 aromatic heterocycles. The van der Waals surface area contributed by atoms with Gasteiger partial charge in [0.15, 0.2) is 0 Å². The van der Waals surface area contributed by atoms with E-state index >= 15 is 0 Å². The number of carbonyl (C=O) groups excluding carboxylic acids is 2. The Bertz CT molecular complexity index is 528. The van der Waals surface area contributed by atoms with E-state index in [0.29, 0.717) is 11.3 Å². The number of urea groups is 1. The van der Waals surface area contributed by atoms with E-state index in [-0.39, 0.29) is 12.5 Å². The summed E-state index contributed by atoms with van der Waals surface area (Å²) in [5.74, 6) is -0.804. The number of nitrogens with two attached hydrogens (primary N) is 1. The number of halogens is 1. The van der Waals surface area contributed by atoms with Gasteiger partial charge in [0.05, 0.1) is 6.54 Å². The molecule has 18 heavy (non-hydrogen) atoms. The summed E-state index contributed by atoms with van der Waals surface area (Å²) in [6, 6.07) is 3.37. The minimum absolute atomic E-state index is 0.0301. The molecule has 0 aliphatic carbocycles. The summed E-state index contributed by atoms with van der Waals surface area (Å²) in [6.07, 6.45) is 0. The van der Waals surface area contributed by atoms with Gasteiger partial charge in [-0.25, -0.2) is 9.18 Å². The maximum atomic E-state index is 13.1. The topological polar surface area (TPSA) is 75.4 Å². The second kappa shape index (κ2) is 3.97. The van der Waals surface area contributed by atoms with Crippen LogP contribution in [-0.2, 0) is 11.3 Å². The number of nitrogen functional groups attached to an aromatic ring is 1. The van der Waals surface area contributed by atoms with Gasteiger partial charge in [-0.1, -0.05) is 0 Å². The molecule has 0 spiro atoms. The lowest BCUT2D eigenvalue weighted by Gasteiger charge is -2.16. The van der Waals surface area contributed by atoms with Gasteiger partial charge in [-0.2, -0.15) is 0 Å². The first kappa shape index (κ1) is 12.3. The van der Waals surface area contributed by atoms with Crippen molar-refractivity contribution < 1.29 is 14.0 Å². The first-order valence-corrected chi connectivity index (χ1v) is 5.49. The predicted molar refractivity (Wildman–Crippen MR) is 64.0 cm³/mol. The summed E-state index contributed by atoms with van der Waals surface area (Å²) in [6.45, 7) is 3.20.